The first-order chi connectivity index (χ1) is 7.19. The molecule has 0 aromatic carbocycles. The third kappa shape index (κ3) is 3.17. The van der Waals surface area contributed by atoms with Crippen LogP contribution in [0.5, 0.6) is 0 Å². The number of rotatable bonds is 4. The summed E-state index contributed by atoms with van der Waals surface area (Å²) in [4.78, 5) is 24.4. The summed E-state index contributed by atoms with van der Waals surface area (Å²) in [7, 11) is 0. The fourth-order valence-corrected chi connectivity index (χ4v) is 2.15. The highest BCUT2D eigenvalue weighted by atomic mass is 32.2. The van der Waals surface area contributed by atoms with Gasteiger partial charge in [-0.15, -0.1) is 6.42 Å². The number of carbonyl (C=O) groups is 2. The molecule has 1 aliphatic heterocycles. The van der Waals surface area contributed by atoms with Crippen molar-refractivity contribution in [3.8, 4) is 12.3 Å². The van der Waals surface area contributed by atoms with Crippen LogP contribution in [0.2, 0.25) is 0 Å². The topological polar surface area (TPSA) is 49.4 Å². The van der Waals surface area contributed by atoms with Crippen LogP contribution in [0.3, 0.4) is 0 Å². The minimum Gasteiger partial charge on any atom is -0.334 e. The second-order valence-electron chi connectivity index (χ2n) is 3.26. The average molecular weight is 226 g/mol. The molecule has 15 heavy (non-hydrogen) atoms. The van der Waals surface area contributed by atoms with Crippen molar-refractivity contribution in [3.63, 3.8) is 0 Å². The molecule has 1 N–H and O–H groups in total. The Morgan fingerprint density at radius 2 is 2.53 bits per heavy atom. The summed E-state index contributed by atoms with van der Waals surface area (Å²) in [5.41, 5.74) is 0. The number of amides is 2. The molecule has 1 heterocycles. The molecule has 2 amide bonds. The van der Waals surface area contributed by atoms with Gasteiger partial charge in [-0.3, -0.25) is 9.59 Å². The third-order valence-corrected chi connectivity index (χ3v) is 2.94. The van der Waals surface area contributed by atoms with E-state index in [1.165, 1.54) is 0 Å². The lowest BCUT2D eigenvalue weighted by Crippen LogP contribution is -2.46. The lowest BCUT2D eigenvalue weighted by molar-refractivity contribution is -0.131. The molecule has 0 aromatic heterocycles. The first-order valence-electron chi connectivity index (χ1n) is 4.84. The van der Waals surface area contributed by atoms with Crippen LogP contribution in [0, 0.1) is 12.3 Å². The summed E-state index contributed by atoms with van der Waals surface area (Å²) in [5, 5.41) is 2.48. The Hall–Kier alpha value is -1.15. The quantitative estimate of drug-likeness (QED) is 0.717. The monoisotopic (exact) mass is 226 g/mol. The van der Waals surface area contributed by atoms with E-state index in [1.54, 1.807) is 4.90 Å². The number of hydrogen-bond donors (Lipinski definition) is 1. The van der Waals surface area contributed by atoms with Crippen molar-refractivity contribution in [1.29, 1.82) is 0 Å². The van der Waals surface area contributed by atoms with E-state index in [-0.39, 0.29) is 11.1 Å². The highest BCUT2D eigenvalue weighted by molar-refractivity contribution is 8.14. The van der Waals surface area contributed by atoms with Gasteiger partial charge < -0.3 is 10.2 Å². The summed E-state index contributed by atoms with van der Waals surface area (Å²) in [5.74, 6) is 2.88. The highest BCUT2D eigenvalue weighted by Crippen LogP contribution is 2.14. The number of hydrogen-bond acceptors (Lipinski definition) is 3. The Morgan fingerprint density at radius 3 is 3.00 bits per heavy atom. The molecule has 1 rings (SSSR count). The van der Waals surface area contributed by atoms with Gasteiger partial charge in [0.15, 0.2) is 0 Å². The van der Waals surface area contributed by atoms with E-state index in [0.29, 0.717) is 18.8 Å². The first kappa shape index (κ1) is 11.9. The molecule has 1 fully saturated rings. The molecule has 1 saturated heterocycles. The van der Waals surface area contributed by atoms with Crippen molar-refractivity contribution in [2.75, 3.05) is 18.8 Å². The van der Waals surface area contributed by atoms with Gasteiger partial charge in [0, 0.05) is 12.3 Å². The lowest BCUT2D eigenvalue weighted by Gasteiger charge is -2.22. The van der Waals surface area contributed by atoms with Gasteiger partial charge in [0.05, 0.1) is 6.54 Å². The average Bonchev–Trinajstić information content (AvgIpc) is 2.63. The van der Waals surface area contributed by atoms with Crippen LogP contribution >= 0.6 is 11.8 Å². The lowest BCUT2D eigenvalue weighted by atomic mass is 10.2. The zero-order valence-corrected chi connectivity index (χ0v) is 9.47. The fourth-order valence-electron chi connectivity index (χ4n) is 1.39. The molecular formula is C10H14N2O2S. The molecule has 0 radical (unpaired) electrons. The Bertz CT molecular complexity index is 298. The fraction of sp³-hybridized carbons (Fsp3) is 0.600. The van der Waals surface area contributed by atoms with Gasteiger partial charge in [-0.2, -0.15) is 0 Å². The molecule has 5 heteroatoms. The Labute approximate surface area is 93.8 Å². The van der Waals surface area contributed by atoms with Gasteiger partial charge in [0.2, 0.25) is 5.91 Å². The molecule has 82 valence electrons. The predicted molar refractivity (Wildman–Crippen MR) is 60.5 cm³/mol. The first-order valence-corrected chi connectivity index (χ1v) is 5.83. The summed E-state index contributed by atoms with van der Waals surface area (Å²) in [6, 6.07) is -0.401. The SMILES string of the molecule is C#CCN(CCC)C(=O)C1CSC(=O)N1. The summed E-state index contributed by atoms with van der Waals surface area (Å²) in [6.45, 7) is 2.93. The molecule has 0 bridgehead atoms. The van der Waals surface area contributed by atoms with E-state index in [0.717, 1.165) is 18.2 Å². The van der Waals surface area contributed by atoms with Crippen LogP contribution in [0.1, 0.15) is 13.3 Å². The molecule has 0 spiro atoms. The number of carbonyl (C=O) groups excluding carboxylic acids is 2. The Kier molecular flexibility index (Phi) is 4.50. The molecule has 4 nitrogen and oxygen atoms in total. The largest absolute Gasteiger partial charge is 0.334 e. The van der Waals surface area contributed by atoms with Crippen LogP contribution in [0.15, 0.2) is 0 Å². The van der Waals surface area contributed by atoms with Gasteiger partial charge in [-0.1, -0.05) is 24.6 Å². The zero-order valence-electron chi connectivity index (χ0n) is 8.66. The molecule has 1 aliphatic rings. The molecule has 0 aliphatic carbocycles. The van der Waals surface area contributed by atoms with Gasteiger partial charge in [-0.05, 0) is 6.42 Å². The van der Waals surface area contributed by atoms with Crippen molar-refractivity contribution in [2.45, 2.75) is 19.4 Å². The van der Waals surface area contributed by atoms with E-state index >= 15 is 0 Å². The summed E-state index contributed by atoms with van der Waals surface area (Å²) < 4.78 is 0. The molecular weight excluding hydrogens is 212 g/mol. The molecule has 0 aromatic rings. The minimum absolute atomic E-state index is 0.0758. The minimum atomic E-state index is -0.401. The van der Waals surface area contributed by atoms with Gasteiger partial charge in [0.25, 0.3) is 5.24 Å². The van der Waals surface area contributed by atoms with Crippen LogP contribution < -0.4 is 5.32 Å². The summed E-state index contributed by atoms with van der Waals surface area (Å²) >= 11 is 1.14. The van der Waals surface area contributed by atoms with E-state index in [2.05, 4.69) is 11.2 Å². The van der Waals surface area contributed by atoms with Crippen LogP contribution in [0.25, 0.3) is 0 Å². The molecule has 1 unspecified atom stereocenters. The van der Waals surface area contributed by atoms with Crippen LogP contribution in [0.4, 0.5) is 4.79 Å². The molecule has 0 saturated carbocycles. The maximum Gasteiger partial charge on any atom is 0.279 e. The van der Waals surface area contributed by atoms with E-state index in [4.69, 9.17) is 6.42 Å². The second-order valence-corrected chi connectivity index (χ2v) is 4.25. The maximum atomic E-state index is 11.9. The van der Waals surface area contributed by atoms with E-state index < -0.39 is 6.04 Å². The van der Waals surface area contributed by atoms with Gasteiger partial charge >= 0.3 is 0 Å². The normalized spacial score (nSPS) is 19.5. The standard InChI is InChI=1S/C10H14N2O2S/c1-3-5-12(6-4-2)9(13)8-7-15-10(14)11-8/h1,8H,4-7H2,2H3,(H,11,14). The zero-order chi connectivity index (χ0) is 11.3. The number of terminal acetylenes is 1. The predicted octanol–water partition coefficient (Wildman–Crippen LogP) is 0.683. The van der Waals surface area contributed by atoms with Gasteiger partial charge in [0.1, 0.15) is 6.04 Å². The van der Waals surface area contributed by atoms with Crippen molar-refractivity contribution in [3.05, 3.63) is 0 Å². The molecule has 1 atom stereocenters. The summed E-state index contributed by atoms with van der Waals surface area (Å²) in [6.07, 6.45) is 6.05. The number of nitrogens with zero attached hydrogens (tertiary/aromatic N) is 1. The Balaban J connectivity index is 2.55. The van der Waals surface area contributed by atoms with Crippen LogP contribution in [-0.4, -0.2) is 40.9 Å². The van der Waals surface area contributed by atoms with E-state index in [1.807, 2.05) is 6.92 Å². The smallest absolute Gasteiger partial charge is 0.279 e. The Morgan fingerprint density at radius 1 is 1.80 bits per heavy atom. The number of nitrogens with one attached hydrogen (secondary N) is 1. The van der Waals surface area contributed by atoms with Crippen LogP contribution in [-0.2, 0) is 4.79 Å². The van der Waals surface area contributed by atoms with Crippen molar-refractivity contribution < 1.29 is 9.59 Å². The van der Waals surface area contributed by atoms with Crippen molar-refractivity contribution >= 4 is 22.9 Å². The maximum absolute atomic E-state index is 11.9. The van der Waals surface area contributed by atoms with E-state index in [9.17, 15) is 9.59 Å². The second kappa shape index (κ2) is 5.66. The highest BCUT2D eigenvalue weighted by Gasteiger charge is 2.30. The van der Waals surface area contributed by atoms with Crippen molar-refractivity contribution in [2.24, 2.45) is 0 Å². The third-order valence-electron chi connectivity index (χ3n) is 2.06. The van der Waals surface area contributed by atoms with Crippen molar-refractivity contribution in [1.82, 2.24) is 10.2 Å². The number of thioether (sulfide) groups is 1. The van der Waals surface area contributed by atoms with Gasteiger partial charge in [-0.25, -0.2) is 0 Å².